The van der Waals surface area contributed by atoms with Crippen molar-refractivity contribution in [3.63, 3.8) is 0 Å². The van der Waals surface area contributed by atoms with Gasteiger partial charge in [0, 0.05) is 0 Å². The second kappa shape index (κ2) is 3.09. The van der Waals surface area contributed by atoms with Gasteiger partial charge in [-0.2, -0.15) is 0 Å². The standard InChI is InChI=1S/C9H13NO/c1-2-7-10-9(6-1)11-8-4-3-5-8/h1-2,6-10H,3-5H2. The van der Waals surface area contributed by atoms with Gasteiger partial charge in [-0.15, -0.1) is 0 Å². The van der Waals surface area contributed by atoms with Crippen molar-refractivity contribution >= 4 is 0 Å². The lowest BCUT2D eigenvalue weighted by Gasteiger charge is -2.29. The van der Waals surface area contributed by atoms with Gasteiger partial charge in [-0.25, -0.2) is 0 Å². The maximum absolute atomic E-state index is 5.68. The van der Waals surface area contributed by atoms with Gasteiger partial charge in [0.25, 0.3) is 0 Å². The van der Waals surface area contributed by atoms with Crippen molar-refractivity contribution in [1.82, 2.24) is 5.32 Å². The van der Waals surface area contributed by atoms with E-state index in [1.54, 1.807) is 0 Å². The van der Waals surface area contributed by atoms with E-state index >= 15 is 0 Å². The Morgan fingerprint density at radius 2 is 2.18 bits per heavy atom. The molecule has 0 spiro atoms. The summed E-state index contributed by atoms with van der Waals surface area (Å²) in [7, 11) is 0. The zero-order valence-electron chi connectivity index (χ0n) is 6.49. The first-order chi connectivity index (χ1) is 5.45. The van der Waals surface area contributed by atoms with Crippen LogP contribution in [-0.2, 0) is 4.74 Å². The van der Waals surface area contributed by atoms with E-state index in [0.29, 0.717) is 6.10 Å². The van der Waals surface area contributed by atoms with Crippen LogP contribution in [0.4, 0.5) is 0 Å². The maximum atomic E-state index is 5.68. The summed E-state index contributed by atoms with van der Waals surface area (Å²) in [4.78, 5) is 0. The summed E-state index contributed by atoms with van der Waals surface area (Å²) >= 11 is 0. The first kappa shape index (κ1) is 6.92. The Labute approximate surface area is 66.9 Å². The Morgan fingerprint density at radius 1 is 1.27 bits per heavy atom. The zero-order chi connectivity index (χ0) is 7.52. The lowest BCUT2D eigenvalue weighted by Crippen LogP contribution is -2.34. The highest BCUT2D eigenvalue weighted by Crippen LogP contribution is 2.23. The van der Waals surface area contributed by atoms with Crippen LogP contribution in [0.25, 0.3) is 0 Å². The SMILES string of the molecule is C1=CNC(OC2CCC2)C=C1. The molecule has 1 aliphatic heterocycles. The fourth-order valence-corrected chi connectivity index (χ4v) is 1.23. The maximum Gasteiger partial charge on any atom is 0.147 e. The Morgan fingerprint density at radius 3 is 2.73 bits per heavy atom. The number of dihydropyridines is 1. The quantitative estimate of drug-likeness (QED) is 0.646. The van der Waals surface area contributed by atoms with Crippen molar-refractivity contribution in [3.05, 3.63) is 24.4 Å². The summed E-state index contributed by atoms with van der Waals surface area (Å²) < 4.78 is 5.68. The van der Waals surface area contributed by atoms with Gasteiger partial charge in [0.05, 0.1) is 6.10 Å². The normalized spacial score (nSPS) is 29.6. The second-order valence-electron chi connectivity index (χ2n) is 3.02. The van der Waals surface area contributed by atoms with Crippen LogP contribution in [0, 0.1) is 0 Å². The molecule has 0 bridgehead atoms. The van der Waals surface area contributed by atoms with Crippen LogP contribution in [0.15, 0.2) is 24.4 Å². The van der Waals surface area contributed by atoms with Gasteiger partial charge in [-0.05, 0) is 37.6 Å². The predicted molar refractivity (Wildman–Crippen MR) is 43.9 cm³/mol. The van der Waals surface area contributed by atoms with Crippen molar-refractivity contribution in [2.75, 3.05) is 0 Å². The minimum absolute atomic E-state index is 0.116. The number of allylic oxidation sites excluding steroid dienone is 2. The molecule has 1 heterocycles. The van der Waals surface area contributed by atoms with Crippen LogP contribution in [0.1, 0.15) is 19.3 Å². The predicted octanol–water partition coefficient (Wildman–Crippen LogP) is 1.55. The second-order valence-corrected chi connectivity index (χ2v) is 3.02. The topological polar surface area (TPSA) is 21.3 Å². The number of hydrogen-bond acceptors (Lipinski definition) is 2. The number of hydrogen-bond donors (Lipinski definition) is 1. The van der Waals surface area contributed by atoms with E-state index in [0.717, 1.165) is 0 Å². The van der Waals surface area contributed by atoms with Gasteiger partial charge in [-0.3, -0.25) is 0 Å². The van der Waals surface area contributed by atoms with E-state index in [-0.39, 0.29) is 6.23 Å². The van der Waals surface area contributed by atoms with Gasteiger partial charge in [0.15, 0.2) is 0 Å². The Kier molecular flexibility index (Phi) is 1.95. The van der Waals surface area contributed by atoms with Crippen LogP contribution in [0.3, 0.4) is 0 Å². The molecule has 2 aliphatic rings. The molecule has 1 aliphatic carbocycles. The van der Waals surface area contributed by atoms with Crippen molar-refractivity contribution in [1.29, 1.82) is 0 Å². The molecule has 1 atom stereocenters. The lowest BCUT2D eigenvalue weighted by molar-refractivity contribution is -0.0389. The number of rotatable bonds is 2. The fraction of sp³-hybridized carbons (Fsp3) is 0.556. The van der Waals surface area contributed by atoms with Crippen molar-refractivity contribution < 1.29 is 4.74 Å². The van der Waals surface area contributed by atoms with Gasteiger partial charge in [0.2, 0.25) is 0 Å². The summed E-state index contributed by atoms with van der Waals surface area (Å²) in [6, 6.07) is 0. The largest absolute Gasteiger partial charge is 0.363 e. The van der Waals surface area contributed by atoms with Crippen LogP contribution in [-0.4, -0.2) is 12.3 Å². The molecule has 0 aromatic carbocycles. The molecule has 1 unspecified atom stereocenters. The molecule has 2 rings (SSSR count). The summed E-state index contributed by atoms with van der Waals surface area (Å²) in [5, 5.41) is 3.13. The van der Waals surface area contributed by atoms with E-state index < -0.39 is 0 Å². The van der Waals surface area contributed by atoms with Gasteiger partial charge >= 0.3 is 0 Å². The molecule has 1 fully saturated rings. The van der Waals surface area contributed by atoms with Crippen LogP contribution in [0.2, 0.25) is 0 Å². The monoisotopic (exact) mass is 151 g/mol. The third-order valence-corrected chi connectivity index (χ3v) is 2.14. The van der Waals surface area contributed by atoms with E-state index in [1.807, 2.05) is 24.4 Å². The molecule has 11 heavy (non-hydrogen) atoms. The summed E-state index contributed by atoms with van der Waals surface area (Å²) in [6.07, 6.45) is 12.4. The molecule has 0 aromatic rings. The van der Waals surface area contributed by atoms with Crippen molar-refractivity contribution in [2.24, 2.45) is 0 Å². The average molecular weight is 151 g/mol. The minimum Gasteiger partial charge on any atom is -0.363 e. The Balaban J connectivity index is 1.77. The van der Waals surface area contributed by atoms with E-state index in [4.69, 9.17) is 4.74 Å². The third kappa shape index (κ3) is 1.63. The average Bonchev–Trinajstić information content (AvgIpc) is 1.99. The van der Waals surface area contributed by atoms with Crippen molar-refractivity contribution in [2.45, 2.75) is 31.6 Å². The van der Waals surface area contributed by atoms with E-state index in [9.17, 15) is 0 Å². The molecular formula is C9H13NO. The number of nitrogens with one attached hydrogen (secondary N) is 1. The van der Waals surface area contributed by atoms with E-state index in [2.05, 4.69) is 5.32 Å². The summed E-state index contributed by atoms with van der Waals surface area (Å²) in [6.45, 7) is 0. The molecule has 2 heteroatoms. The van der Waals surface area contributed by atoms with Gasteiger partial charge < -0.3 is 10.1 Å². The molecule has 0 saturated heterocycles. The summed E-state index contributed by atoms with van der Waals surface area (Å²) in [5.74, 6) is 0. The molecule has 0 aromatic heterocycles. The summed E-state index contributed by atoms with van der Waals surface area (Å²) in [5.41, 5.74) is 0. The van der Waals surface area contributed by atoms with Crippen molar-refractivity contribution in [3.8, 4) is 0 Å². The molecule has 1 saturated carbocycles. The van der Waals surface area contributed by atoms with Gasteiger partial charge in [0.1, 0.15) is 6.23 Å². The molecule has 2 nitrogen and oxygen atoms in total. The van der Waals surface area contributed by atoms with Crippen LogP contribution < -0.4 is 5.32 Å². The first-order valence-electron chi connectivity index (χ1n) is 4.20. The third-order valence-electron chi connectivity index (χ3n) is 2.14. The Bertz CT molecular complexity index is 182. The lowest BCUT2D eigenvalue weighted by atomic mass is 9.96. The molecule has 0 radical (unpaired) electrons. The molecule has 1 N–H and O–H groups in total. The van der Waals surface area contributed by atoms with Crippen LogP contribution >= 0.6 is 0 Å². The highest BCUT2D eigenvalue weighted by molar-refractivity contribution is 5.09. The first-order valence-corrected chi connectivity index (χ1v) is 4.20. The fourth-order valence-electron chi connectivity index (χ4n) is 1.23. The highest BCUT2D eigenvalue weighted by atomic mass is 16.5. The van der Waals surface area contributed by atoms with Gasteiger partial charge in [-0.1, -0.05) is 6.08 Å². The zero-order valence-corrected chi connectivity index (χ0v) is 6.49. The minimum atomic E-state index is 0.116. The smallest absolute Gasteiger partial charge is 0.147 e. The van der Waals surface area contributed by atoms with Crippen LogP contribution in [0.5, 0.6) is 0 Å². The molecular weight excluding hydrogens is 138 g/mol. The molecule has 60 valence electrons. The Hall–Kier alpha value is -0.760. The number of ether oxygens (including phenoxy) is 1. The highest BCUT2D eigenvalue weighted by Gasteiger charge is 2.20. The van der Waals surface area contributed by atoms with E-state index in [1.165, 1.54) is 19.3 Å². The molecule has 0 amide bonds.